The first-order chi connectivity index (χ1) is 21.3. The molecule has 248 valence electrons. The molecule has 13 nitrogen and oxygen atoms in total. The first kappa shape index (κ1) is 36.0. The van der Waals surface area contributed by atoms with Crippen molar-refractivity contribution in [1.82, 2.24) is 14.8 Å². The Morgan fingerprint density at radius 2 is 1.89 bits per heavy atom. The van der Waals surface area contributed by atoms with E-state index in [4.69, 9.17) is 9.84 Å². The Bertz CT molecular complexity index is 1840. The van der Waals surface area contributed by atoms with Gasteiger partial charge in [0.1, 0.15) is 6.04 Å². The third-order valence-corrected chi connectivity index (χ3v) is 7.62. The predicted molar refractivity (Wildman–Crippen MR) is 159 cm³/mol. The number of hydrogen-bond acceptors (Lipinski definition) is 10. The van der Waals surface area contributed by atoms with E-state index in [9.17, 15) is 41.0 Å². The van der Waals surface area contributed by atoms with Crippen LogP contribution in [0.2, 0.25) is 0 Å². The molecule has 1 aliphatic heterocycles. The average Bonchev–Trinajstić information content (AvgIpc) is 3.34. The van der Waals surface area contributed by atoms with Crippen LogP contribution in [0.4, 0.5) is 24.8 Å². The number of fused-ring (bicyclic) bond motifs is 1. The molecule has 17 heteroatoms. The van der Waals surface area contributed by atoms with E-state index in [1.54, 1.807) is 25.1 Å². The topological polar surface area (TPSA) is 181 Å². The quantitative estimate of drug-likeness (QED) is 0.206. The molecule has 0 amide bonds. The number of halogens is 3. The first-order valence-corrected chi connectivity index (χ1v) is 15.2. The van der Waals surface area contributed by atoms with Crippen molar-refractivity contribution < 1.29 is 45.3 Å². The van der Waals surface area contributed by atoms with Gasteiger partial charge in [-0.2, -0.15) is 18.4 Å². The van der Waals surface area contributed by atoms with Gasteiger partial charge in [0.05, 0.1) is 80.0 Å². The summed E-state index contributed by atoms with van der Waals surface area (Å²) in [7, 11) is 3.07. The predicted octanol–water partition coefficient (Wildman–Crippen LogP) is 2.42. The number of aromatic amines is 1. The lowest BCUT2D eigenvalue weighted by Gasteiger charge is -2.36. The van der Waals surface area contributed by atoms with E-state index in [2.05, 4.69) is 16.3 Å². The molecule has 0 bridgehead atoms. The maximum Gasteiger partial charge on any atom is 0.416 e. The number of esters is 1. The third kappa shape index (κ3) is 8.40. The number of allylic oxidation sites excluding steroid dienone is 1. The van der Waals surface area contributed by atoms with Crippen LogP contribution in [-0.4, -0.2) is 90.5 Å². The van der Waals surface area contributed by atoms with Crippen LogP contribution in [0.1, 0.15) is 35.2 Å². The van der Waals surface area contributed by atoms with Crippen molar-refractivity contribution in [3.05, 3.63) is 86.5 Å². The zero-order valence-corrected chi connectivity index (χ0v) is 26.4. The Labute approximate surface area is 263 Å². The van der Waals surface area contributed by atoms with Crippen molar-refractivity contribution in [3.63, 3.8) is 0 Å². The van der Waals surface area contributed by atoms with Crippen LogP contribution in [0.15, 0.2) is 58.5 Å². The zero-order valence-electron chi connectivity index (χ0n) is 25.6. The Morgan fingerprint density at radius 3 is 2.41 bits per heavy atom. The molecule has 1 aliphatic rings. The average molecular weight is 667 g/mol. The van der Waals surface area contributed by atoms with Crippen molar-refractivity contribution in [2.45, 2.75) is 25.6 Å². The molecule has 3 aromatic rings. The van der Waals surface area contributed by atoms with Crippen LogP contribution >= 0.6 is 0 Å². The molecule has 1 aromatic heterocycles. The van der Waals surface area contributed by atoms with Gasteiger partial charge in [-0.05, 0) is 48.4 Å². The van der Waals surface area contributed by atoms with Gasteiger partial charge >= 0.3 is 17.8 Å². The van der Waals surface area contributed by atoms with Gasteiger partial charge in [0.25, 0.3) is 0 Å². The number of carbonyl (C=O) groups is 1. The zero-order chi connectivity index (χ0) is 34.6. The summed E-state index contributed by atoms with van der Waals surface area (Å²) in [6.07, 6.45) is -4.08. The number of H-pyrrole nitrogens is 1. The molecule has 2 heterocycles. The number of methoxy groups -OCH3 is 1. The van der Waals surface area contributed by atoms with E-state index >= 15 is 0 Å². The van der Waals surface area contributed by atoms with Gasteiger partial charge in [-0.15, -0.1) is 5.10 Å². The van der Waals surface area contributed by atoms with Crippen LogP contribution in [0, 0.1) is 11.3 Å². The molecular formula is C29H33F3N6O7S. The van der Waals surface area contributed by atoms with Crippen LogP contribution in [0.3, 0.4) is 0 Å². The Hall–Kier alpha value is -4.50. The second kappa shape index (κ2) is 13.9. The molecule has 1 unspecified atom stereocenters. The molecule has 0 radical (unpaired) electrons. The number of nitrogens with zero attached hydrogens (tertiary/aromatic N) is 5. The molecule has 2 N–H and O–H groups in total. The molecule has 1 atom stereocenters. The van der Waals surface area contributed by atoms with Gasteiger partial charge < -0.3 is 18.9 Å². The molecule has 2 aromatic carbocycles. The van der Waals surface area contributed by atoms with Crippen LogP contribution < -0.4 is 10.6 Å². The highest BCUT2D eigenvalue weighted by Gasteiger charge is 2.41. The summed E-state index contributed by atoms with van der Waals surface area (Å²) in [5.41, 5.74) is 0.547. The fourth-order valence-electron chi connectivity index (χ4n) is 4.80. The maximum atomic E-state index is 13.5. The molecule has 0 aliphatic carbocycles. The highest BCUT2D eigenvalue weighted by Crippen LogP contribution is 2.43. The molecule has 0 spiro atoms. The van der Waals surface area contributed by atoms with Crippen molar-refractivity contribution >= 4 is 27.7 Å². The molecule has 0 fully saturated rings. The second-order valence-corrected chi connectivity index (χ2v) is 12.8. The van der Waals surface area contributed by atoms with E-state index in [1.807, 2.05) is 21.1 Å². The second-order valence-electron chi connectivity index (χ2n) is 11.3. The minimum absolute atomic E-state index is 0.0105. The summed E-state index contributed by atoms with van der Waals surface area (Å²) in [4.78, 5) is 27.8. The summed E-state index contributed by atoms with van der Waals surface area (Å²) in [5.74, 6) is -1.43. The number of nitriles is 1. The third-order valence-electron chi connectivity index (χ3n) is 6.94. The number of alkyl halides is 3. The number of nitrogens with one attached hydrogen (secondary N) is 1. The largest absolute Gasteiger partial charge is 0.748 e. The number of carbonyl (C=O) groups excluding carboxylic acids is 1. The van der Waals surface area contributed by atoms with E-state index in [0.29, 0.717) is 28.6 Å². The van der Waals surface area contributed by atoms with Crippen molar-refractivity contribution in [3.8, 4) is 6.07 Å². The molecule has 0 saturated carbocycles. The van der Waals surface area contributed by atoms with Gasteiger partial charge in [0, 0.05) is 17.8 Å². The van der Waals surface area contributed by atoms with Gasteiger partial charge in [-0.3, -0.25) is 4.90 Å². The van der Waals surface area contributed by atoms with Gasteiger partial charge in [-0.25, -0.2) is 27.7 Å². The lowest BCUT2D eigenvalue weighted by atomic mass is 9.89. The maximum absolute atomic E-state index is 13.5. The fraction of sp³-hybridized carbons (Fsp3) is 0.379. The molecule has 0 saturated heterocycles. The standard InChI is InChI=1S/C27H27F3N6O3.C2H6O4S/c1-16-22(24(37)39-5)23(21-10-9-17(15-31)13-18(21)11-12-36(2,3)4)35-25(32-33-26(35)38)34(16)20-8-6-7-19(14-20)27(28,29)30;3-1-2-7(4,5)6/h6-10,13-14,23H,11-12H2,1-5H3;3H,1-2H2,(H,4,5,6). The number of aliphatic hydroxyl groups excluding tert-OH is 1. The minimum Gasteiger partial charge on any atom is -0.748 e. The lowest BCUT2D eigenvalue weighted by molar-refractivity contribution is -0.870. The normalized spacial score (nSPS) is 15.1. The molecule has 46 heavy (non-hydrogen) atoms. The Balaban J connectivity index is 0.000000738. The highest BCUT2D eigenvalue weighted by atomic mass is 32.2. The van der Waals surface area contributed by atoms with Crippen LogP contribution in [-0.2, 0) is 32.2 Å². The molecule has 4 rings (SSSR count). The SMILES string of the molecule is COC(=O)C1=C(C)N(c2cccc(C(F)(F)F)c2)c2n[nH]c(=O)n2C1c1ccc(C#N)cc1CC[N+](C)(C)C.O=S(=O)([O-])CCO. The van der Waals surface area contributed by atoms with Crippen molar-refractivity contribution in [2.24, 2.45) is 0 Å². The number of rotatable bonds is 8. The fourth-order valence-corrected chi connectivity index (χ4v) is 5.03. The highest BCUT2D eigenvalue weighted by molar-refractivity contribution is 7.85. The Morgan fingerprint density at radius 1 is 1.22 bits per heavy atom. The number of benzene rings is 2. The smallest absolute Gasteiger partial charge is 0.416 e. The number of quaternary nitrogens is 1. The van der Waals surface area contributed by atoms with Crippen molar-refractivity contribution in [1.29, 1.82) is 5.26 Å². The number of ether oxygens (including phenoxy) is 1. The van der Waals surface area contributed by atoms with Crippen LogP contribution in [0.5, 0.6) is 0 Å². The number of anilines is 2. The minimum atomic E-state index is -4.61. The summed E-state index contributed by atoms with van der Waals surface area (Å²) >= 11 is 0. The van der Waals surface area contributed by atoms with Gasteiger partial charge in [-0.1, -0.05) is 12.1 Å². The number of hydrogen-bond donors (Lipinski definition) is 2. The number of likely N-dealkylation sites (N-methyl/N-ethyl adjacent to an activating group) is 1. The molecular weight excluding hydrogens is 633 g/mol. The summed E-state index contributed by atoms with van der Waals surface area (Å²) < 4.78 is 76.1. The number of aliphatic hydroxyl groups is 1. The van der Waals surface area contributed by atoms with Crippen molar-refractivity contribution in [2.75, 3.05) is 52.1 Å². The Kier molecular flexibility index (Phi) is 10.8. The lowest BCUT2D eigenvalue weighted by Crippen LogP contribution is -2.39. The number of aromatic nitrogens is 3. The van der Waals surface area contributed by atoms with E-state index in [1.165, 1.54) is 28.7 Å². The van der Waals surface area contributed by atoms with E-state index in [0.717, 1.165) is 17.7 Å². The first-order valence-electron chi connectivity index (χ1n) is 13.6. The summed E-state index contributed by atoms with van der Waals surface area (Å²) in [5, 5.41) is 23.9. The van der Waals surface area contributed by atoms with E-state index < -0.39 is 51.9 Å². The van der Waals surface area contributed by atoms with Gasteiger partial charge in [0.15, 0.2) is 0 Å². The van der Waals surface area contributed by atoms with Crippen LogP contribution in [0.25, 0.3) is 0 Å². The van der Waals surface area contributed by atoms with E-state index in [-0.39, 0.29) is 22.9 Å². The monoisotopic (exact) mass is 666 g/mol. The van der Waals surface area contributed by atoms with Gasteiger partial charge in [0.2, 0.25) is 5.95 Å². The summed E-state index contributed by atoms with van der Waals surface area (Å²) in [6.45, 7) is 1.66. The summed E-state index contributed by atoms with van der Waals surface area (Å²) in [6, 6.07) is 10.7.